The first-order valence-electron chi connectivity index (χ1n) is 10.9. The molecule has 0 spiro atoms. The van der Waals surface area contributed by atoms with Gasteiger partial charge in [-0.1, -0.05) is 42.8 Å². The SMILES string of the molecule is CCCNC(=O)C(C)N(Cc1ccccc1Cl)C(=O)CN(c1cc([N+](=O)[O-])ccc1C)S(C)(=O)=O. The number of nitro benzene ring substituents is 1. The fourth-order valence-corrected chi connectivity index (χ4v) is 4.46. The van der Waals surface area contributed by atoms with Gasteiger partial charge in [0.15, 0.2) is 0 Å². The molecule has 1 unspecified atom stereocenters. The van der Waals surface area contributed by atoms with Gasteiger partial charge in [-0.05, 0) is 37.5 Å². The van der Waals surface area contributed by atoms with Gasteiger partial charge >= 0.3 is 0 Å². The average molecular weight is 525 g/mol. The summed E-state index contributed by atoms with van der Waals surface area (Å²) >= 11 is 6.27. The van der Waals surface area contributed by atoms with Gasteiger partial charge in [-0.2, -0.15) is 0 Å². The lowest BCUT2D eigenvalue weighted by molar-refractivity contribution is -0.384. The van der Waals surface area contributed by atoms with Crippen LogP contribution in [0.1, 0.15) is 31.4 Å². The van der Waals surface area contributed by atoms with E-state index in [2.05, 4.69) is 5.32 Å². The normalized spacial score (nSPS) is 12.0. The molecule has 0 saturated carbocycles. The Morgan fingerprint density at radius 3 is 2.43 bits per heavy atom. The van der Waals surface area contributed by atoms with Crippen LogP contribution in [0.25, 0.3) is 0 Å². The number of nitro groups is 1. The number of non-ortho nitro benzene ring substituents is 1. The highest BCUT2D eigenvalue weighted by Gasteiger charge is 2.31. The molecule has 0 bridgehead atoms. The summed E-state index contributed by atoms with van der Waals surface area (Å²) in [5, 5.41) is 14.4. The fourth-order valence-electron chi connectivity index (χ4n) is 3.36. The number of carbonyl (C=O) groups is 2. The number of anilines is 1. The highest BCUT2D eigenvalue weighted by atomic mass is 35.5. The van der Waals surface area contributed by atoms with Gasteiger partial charge in [0.05, 0.1) is 16.9 Å². The predicted octanol–water partition coefficient (Wildman–Crippen LogP) is 3.27. The van der Waals surface area contributed by atoms with Crippen LogP contribution in [-0.4, -0.2) is 55.4 Å². The van der Waals surface area contributed by atoms with Crippen molar-refractivity contribution < 1.29 is 22.9 Å². The van der Waals surface area contributed by atoms with Gasteiger partial charge in [0.1, 0.15) is 12.6 Å². The Labute approximate surface area is 210 Å². The van der Waals surface area contributed by atoms with Gasteiger partial charge in [0.25, 0.3) is 5.69 Å². The third-order valence-electron chi connectivity index (χ3n) is 5.37. The number of rotatable bonds is 11. The summed E-state index contributed by atoms with van der Waals surface area (Å²) in [5.74, 6) is -1.06. The summed E-state index contributed by atoms with van der Waals surface area (Å²) in [5.41, 5.74) is 0.707. The van der Waals surface area contributed by atoms with Crippen LogP contribution >= 0.6 is 11.6 Å². The summed E-state index contributed by atoms with van der Waals surface area (Å²) in [7, 11) is -4.02. The molecular formula is C23H29ClN4O6S. The van der Waals surface area contributed by atoms with E-state index in [4.69, 9.17) is 11.6 Å². The molecule has 0 aliphatic carbocycles. The molecule has 1 N–H and O–H groups in total. The van der Waals surface area contributed by atoms with Crippen molar-refractivity contribution in [1.29, 1.82) is 0 Å². The zero-order valence-corrected chi connectivity index (χ0v) is 21.6. The molecule has 190 valence electrons. The molecule has 0 fully saturated rings. The molecule has 1 atom stereocenters. The highest BCUT2D eigenvalue weighted by Crippen LogP contribution is 2.28. The highest BCUT2D eigenvalue weighted by molar-refractivity contribution is 7.92. The van der Waals surface area contributed by atoms with Crippen molar-refractivity contribution in [1.82, 2.24) is 10.2 Å². The number of sulfonamides is 1. The lowest BCUT2D eigenvalue weighted by Gasteiger charge is -2.32. The fraction of sp³-hybridized carbons (Fsp3) is 0.391. The first-order valence-corrected chi connectivity index (χ1v) is 13.1. The smallest absolute Gasteiger partial charge is 0.271 e. The zero-order valence-electron chi connectivity index (χ0n) is 20.0. The molecule has 2 rings (SSSR count). The van der Waals surface area contributed by atoms with Crippen LogP contribution in [0.3, 0.4) is 0 Å². The van der Waals surface area contributed by atoms with Gasteiger partial charge in [-0.3, -0.25) is 24.0 Å². The number of nitrogens with zero attached hydrogens (tertiary/aromatic N) is 3. The Morgan fingerprint density at radius 1 is 1.20 bits per heavy atom. The van der Waals surface area contributed by atoms with Crippen molar-refractivity contribution in [3.05, 3.63) is 68.7 Å². The quantitative estimate of drug-likeness (QED) is 0.354. The van der Waals surface area contributed by atoms with Gasteiger partial charge in [0, 0.05) is 30.2 Å². The minimum Gasteiger partial charge on any atom is -0.354 e. The van der Waals surface area contributed by atoms with Crippen LogP contribution in [0.5, 0.6) is 0 Å². The number of nitrogens with one attached hydrogen (secondary N) is 1. The van der Waals surface area contributed by atoms with Crippen molar-refractivity contribution in [3.63, 3.8) is 0 Å². The first-order chi connectivity index (χ1) is 16.4. The second kappa shape index (κ2) is 12.0. The van der Waals surface area contributed by atoms with Gasteiger partial charge in [-0.25, -0.2) is 8.42 Å². The van der Waals surface area contributed by atoms with Crippen molar-refractivity contribution in [2.45, 2.75) is 39.8 Å². The molecule has 2 aromatic rings. The van der Waals surface area contributed by atoms with Crippen LogP contribution in [0.2, 0.25) is 5.02 Å². The molecule has 2 aromatic carbocycles. The van der Waals surface area contributed by atoms with E-state index >= 15 is 0 Å². The largest absolute Gasteiger partial charge is 0.354 e. The predicted molar refractivity (Wildman–Crippen MR) is 135 cm³/mol. The third kappa shape index (κ3) is 7.40. The number of carbonyl (C=O) groups excluding carboxylic acids is 2. The van der Waals surface area contributed by atoms with E-state index < -0.39 is 39.3 Å². The van der Waals surface area contributed by atoms with Crippen LogP contribution < -0.4 is 9.62 Å². The molecule has 0 aromatic heterocycles. The maximum atomic E-state index is 13.5. The van der Waals surface area contributed by atoms with E-state index in [9.17, 15) is 28.1 Å². The van der Waals surface area contributed by atoms with E-state index in [1.54, 1.807) is 38.1 Å². The van der Waals surface area contributed by atoms with Crippen molar-refractivity contribution in [3.8, 4) is 0 Å². The monoisotopic (exact) mass is 524 g/mol. The average Bonchev–Trinajstić information content (AvgIpc) is 2.79. The van der Waals surface area contributed by atoms with Crippen molar-refractivity contribution in [2.75, 3.05) is 23.7 Å². The lowest BCUT2D eigenvalue weighted by Crippen LogP contribution is -2.51. The molecule has 35 heavy (non-hydrogen) atoms. The summed E-state index contributed by atoms with van der Waals surface area (Å²) in [4.78, 5) is 38.1. The Morgan fingerprint density at radius 2 is 1.86 bits per heavy atom. The molecule has 0 aliphatic rings. The number of amides is 2. The number of hydrogen-bond acceptors (Lipinski definition) is 6. The molecule has 0 radical (unpaired) electrons. The number of aryl methyl sites for hydroxylation is 1. The van der Waals surface area contributed by atoms with Crippen LogP contribution in [-0.2, 0) is 26.2 Å². The second-order valence-electron chi connectivity index (χ2n) is 8.08. The standard InChI is InChI=1S/C23H29ClN4O6S/c1-5-12-25-23(30)17(3)26(14-18-8-6-7-9-20(18)24)22(29)15-27(35(4,33)34)21-13-19(28(31)32)11-10-16(21)2/h6-11,13,17H,5,12,14-15H2,1-4H3,(H,25,30). The van der Waals surface area contributed by atoms with Crippen LogP contribution in [0.15, 0.2) is 42.5 Å². The second-order valence-corrected chi connectivity index (χ2v) is 10.4. The summed E-state index contributed by atoms with van der Waals surface area (Å²) in [6, 6.07) is 9.67. The number of halogens is 1. The Kier molecular flexibility index (Phi) is 9.61. The van der Waals surface area contributed by atoms with E-state index in [1.807, 2.05) is 6.92 Å². The Bertz CT molecular complexity index is 1200. The third-order valence-corrected chi connectivity index (χ3v) is 6.86. The summed E-state index contributed by atoms with van der Waals surface area (Å²) in [6.45, 7) is 4.75. The molecule has 0 heterocycles. The summed E-state index contributed by atoms with van der Waals surface area (Å²) < 4.78 is 26.1. The molecule has 12 heteroatoms. The van der Waals surface area contributed by atoms with Crippen LogP contribution in [0.4, 0.5) is 11.4 Å². The van der Waals surface area contributed by atoms with Gasteiger partial charge < -0.3 is 10.2 Å². The molecule has 2 amide bonds. The maximum absolute atomic E-state index is 13.5. The Hall–Kier alpha value is -3.18. The number of hydrogen-bond donors (Lipinski definition) is 1. The van der Waals surface area contributed by atoms with Crippen molar-refractivity contribution >= 4 is 44.8 Å². The summed E-state index contributed by atoms with van der Waals surface area (Å²) in [6.07, 6.45) is 1.61. The molecule has 10 nitrogen and oxygen atoms in total. The molecule has 0 aliphatic heterocycles. The van der Waals surface area contributed by atoms with E-state index in [0.29, 0.717) is 29.1 Å². The van der Waals surface area contributed by atoms with E-state index in [1.165, 1.54) is 17.0 Å². The number of benzene rings is 2. The Balaban J connectivity index is 2.48. The van der Waals surface area contributed by atoms with Gasteiger partial charge in [0.2, 0.25) is 21.8 Å². The van der Waals surface area contributed by atoms with Crippen molar-refractivity contribution in [2.24, 2.45) is 0 Å². The van der Waals surface area contributed by atoms with Crippen LogP contribution in [0, 0.1) is 17.0 Å². The molecular weight excluding hydrogens is 496 g/mol. The van der Waals surface area contributed by atoms with E-state index in [0.717, 1.165) is 16.6 Å². The van der Waals surface area contributed by atoms with Gasteiger partial charge in [-0.15, -0.1) is 0 Å². The van der Waals surface area contributed by atoms with E-state index in [-0.39, 0.29) is 17.9 Å². The lowest BCUT2D eigenvalue weighted by atomic mass is 10.1. The topological polar surface area (TPSA) is 130 Å². The maximum Gasteiger partial charge on any atom is 0.271 e. The first kappa shape index (κ1) is 28.1. The minimum absolute atomic E-state index is 0.0100. The molecule has 0 saturated heterocycles. The zero-order chi connectivity index (χ0) is 26.3. The minimum atomic E-state index is -4.02.